The number of unbranched alkanes of at least 4 members (excludes halogenated alkanes) is 44. The molecule has 0 aliphatic carbocycles. The number of esters is 4. The Bertz CT molecular complexity index is 1750. The highest BCUT2D eigenvalue weighted by Crippen LogP contribution is 2.45. The largest absolute Gasteiger partial charge is 0.472 e. The Morgan fingerprint density at radius 3 is 0.747 bits per heavy atom. The number of carbonyl (C=O) groups excluding carboxylic acids is 4. The smallest absolute Gasteiger partial charge is 0.462 e. The van der Waals surface area contributed by atoms with Crippen LogP contribution in [0.25, 0.3) is 0 Å². The van der Waals surface area contributed by atoms with Crippen LogP contribution in [0.2, 0.25) is 0 Å². The monoisotopic (exact) mass is 1340 g/mol. The van der Waals surface area contributed by atoms with Gasteiger partial charge in [-0.25, -0.2) is 9.13 Å². The van der Waals surface area contributed by atoms with E-state index in [0.717, 1.165) is 102 Å². The van der Waals surface area contributed by atoms with Crippen LogP contribution < -0.4 is 0 Å². The van der Waals surface area contributed by atoms with Crippen LogP contribution in [0.1, 0.15) is 375 Å². The van der Waals surface area contributed by atoms with Crippen molar-refractivity contribution in [3.8, 4) is 0 Å². The van der Waals surface area contributed by atoms with Crippen LogP contribution in [-0.2, 0) is 65.4 Å². The van der Waals surface area contributed by atoms with Gasteiger partial charge in [-0.05, 0) is 31.6 Å². The molecule has 0 saturated heterocycles. The number of hydrogen-bond donors (Lipinski definition) is 3. The maximum Gasteiger partial charge on any atom is 0.472 e. The fourth-order valence-electron chi connectivity index (χ4n) is 11.0. The zero-order valence-electron chi connectivity index (χ0n) is 59.0. The molecule has 0 amide bonds. The molecule has 540 valence electrons. The third kappa shape index (κ3) is 66.5. The van der Waals surface area contributed by atoms with E-state index in [9.17, 15) is 43.2 Å². The van der Waals surface area contributed by atoms with Crippen molar-refractivity contribution in [1.82, 2.24) is 0 Å². The van der Waals surface area contributed by atoms with Gasteiger partial charge in [0.2, 0.25) is 0 Å². The van der Waals surface area contributed by atoms with Crippen LogP contribution in [0.3, 0.4) is 0 Å². The van der Waals surface area contributed by atoms with Crippen LogP contribution in [-0.4, -0.2) is 96.7 Å². The first-order valence-electron chi connectivity index (χ1n) is 37.6. The molecule has 17 nitrogen and oxygen atoms in total. The van der Waals surface area contributed by atoms with E-state index in [4.69, 9.17) is 37.0 Å². The third-order valence-electron chi connectivity index (χ3n) is 16.8. The number of ether oxygens (including phenoxy) is 4. The van der Waals surface area contributed by atoms with Crippen LogP contribution in [0.15, 0.2) is 0 Å². The molecule has 0 rings (SSSR count). The molecule has 0 aliphatic rings. The number of rotatable bonds is 72. The lowest BCUT2D eigenvalue weighted by Gasteiger charge is -2.21. The normalized spacial score (nSPS) is 14.0. The molecule has 19 heteroatoms. The van der Waals surface area contributed by atoms with Crippen molar-refractivity contribution in [2.75, 3.05) is 39.6 Å². The zero-order chi connectivity index (χ0) is 67.0. The van der Waals surface area contributed by atoms with E-state index < -0.39 is 97.5 Å². The van der Waals surface area contributed by atoms with Crippen molar-refractivity contribution >= 4 is 39.5 Å². The second-order valence-corrected chi connectivity index (χ2v) is 29.4. The summed E-state index contributed by atoms with van der Waals surface area (Å²) >= 11 is 0. The van der Waals surface area contributed by atoms with Gasteiger partial charge in [0.1, 0.15) is 19.3 Å². The highest BCUT2D eigenvalue weighted by Gasteiger charge is 2.30. The van der Waals surface area contributed by atoms with Crippen LogP contribution >= 0.6 is 15.6 Å². The van der Waals surface area contributed by atoms with E-state index in [1.807, 2.05) is 0 Å². The minimum absolute atomic E-state index is 0.107. The fourth-order valence-corrected chi connectivity index (χ4v) is 12.6. The Hall–Kier alpha value is -1.94. The zero-order valence-corrected chi connectivity index (χ0v) is 60.8. The lowest BCUT2D eigenvalue weighted by Crippen LogP contribution is -2.30. The van der Waals surface area contributed by atoms with Gasteiger partial charge in [0.15, 0.2) is 12.2 Å². The molecule has 0 saturated carbocycles. The summed E-state index contributed by atoms with van der Waals surface area (Å²) in [5.41, 5.74) is 0. The first-order valence-corrected chi connectivity index (χ1v) is 40.6. The van der Waals surface area contributed by atoms with E-state index in [0.29, 0.717) is 25.7 Å². The standard InChI is InChI=1S/C72H140O17P2/c1-6-9-12-15-18-21-23-33-37-41-46-51-56-70(75)83-62-68(89-72(77)58-53-48-43-38-34-31-29-27-25-24-26-28-30-32-35-39-44-49-54-65(4)5)64-87-91(80,81)85-60-66(73)59-84-90(78,79)86-63-67(61-82-69(74)55-50-45-40-20-17-14-11-8-3)88-71(76)57-52-47-42-36-22-19-16-13-10-7-2/h65-68,73H,6-64H2,1-5H3,(H,78,79)(H,80,81)/t66-,67+,68+/m0/s1. The molecule has 5 atom stereocenters. The van der Waals surface area contributed by atoms with Gasteiger partial charge in [-0.3, -0.25) is 37.3 Å². The van der Waals surface area contributed by atoms with Crippen LogP contribution in [0.4, 0.5) is 0 Å². The van der Waals surface area contributed by atoms with Crippen LogP contribution in [0, 0.1) is 5.92 Å². The average molecular weight is 1340 g/mol. The molecule has 0 heterocycles. The molecule has 0 aromatic carbocycles. The Kier molecular flexibility index (Phi) is 64.0. The number of aliphatic hydroxyl groups excluding tert-OH is 1. The lowest BCUT2D eigenvalue weighted by molar-refractivity contribution is -0.161. The predicted octanol–water partition coefficient (Wildman–Crippen LogP) is 20.9. The molecule has 3 N–H and O–H groups in total. The van der Waals surface area contributed by atoms with Gasteiger partial charge in [0.25, 0.3) is 0 Å². The Morgan fingerprint density at radius 1 is 0.297 bits per heavy atom. The minimum Gasteiger partial charge on any atom is -0.462 e. The molecule has 2 unspecified atom stereocenters. The minimum atomic E-state index is -4.95. The Balaban J connectivity index is 5.15. The number of carbonyl (C=O) groups is 4. The first-order chi connectivity index (χ1) is 44.0. The van der Waals surface area contributed by atoms with Gasteiger partial charge in [-0.1, -0.05) is 324 Å². The van der Waals surface area contributed by atoms with Gasteiger partial charge in [0, 0.05) is 25.7 Å². The summed E-state index contributed by atoms with van der Waals surface area (Å²) in [5, 5.41) is 10.6. The number of aliphatic hydroxyl groups is 1. The molecule has 0 radical (unpaired) electrons. The molecule has 0 aromatic heterocycles. The third-order valence-corrected chi connectivity index (χ3v) is 18.7. The van der Waals surface area contributed by atoms with Crippen molar-refractivity contribution in [2.24, 2.45) is 5.92 Å². The van der Waals surface area contributed by atoms with E-state index in [2.05, 4.69) is 34.6 Å². The molecule has 91 heavy (non-hydrogen) atoms. The quantitative estimate of drug-likeness (QED) is 0.0222. The summed E-state index contributed by atoms with van der Waals surface area (Å²) in [4.78, 5) is 72.5. The van der Waals surface area contributed by atoms with Crippen molar-refractivity contribution in [2.45, 2.75) is 393 Å². The predicted molar refractivity (Wildman–Crippen MR) is 368 cm³/mol. The molecule has 0 aromatic rings. The highest BCUT2D eigenvalue weighted by atomic mass is 31.2. The summed E-state index contributed by atoms with van der Waals surface area (Å²) in [6.45, 7) is 7.26. The van der Waals surface area contributed by atoms with Crippen LogP contribution in [0.5, 0.6) is 0 Å². The van der Waals surface area contributed by atoms with E-state index in [1.54, 1.807) is 0 Å². The number of phosphoric ester groups is 2. The van der Waals surface area contributed by atoms with Crippen molar-refractivity contribution < 1.29 is 80.2 Å². The average Bonchev–Trinajstić information content (AvgIpc) is 3.52. The van der Waals surface area contributed by atoms with Gasteiger partial charge in [0.05, 0.1) is 26.4 Å². The van der Waals surface area contributed by atoms with Crippen molar-refractivity contribution in [3.63, 3.8) is 0 Å². The van der Waals surface area contributed by atoms with E-state index in [1.165, 1.54) is 193 Å². The molecule has 0 aliphatic heterocycles. The Morgan fingerprint density at radius 2 is 0.505 bits per heavy atom. The molecule has 0 spiro atoms. The van der Waals surface area contributed by atoms with Gasteiger partial charge in [-0.2, -0.15) is 0 Å². The highest BCUT2D eigenvalue weighted by molar-refractivity contribution is 7.47. The summed E-state index contributed by atoms with van der Waals surface area (Å²) < 4.78 is 68.2. The van der Waals surface area contributed by atoms with Crippen molar-refractivity contribution in [1.29, 1.82) is 0 Å². The lowest BCUT2D eigenvalue weighted by atomic mass is 10.0. The second kappa shape index (κ2) is 65.4. The molecule has 0 bridgehead atoms. The van der Waals surface area contributed by atoms with E-state index >= 15 is 0 Å². The summed E-state index contributed by atoms with van der Waals surface area (Å²) in [5.74, 6) is -1.30. The van der Waals surface area contributed by atoms with Gasteiger partial charge >= 0.3 is 39.5 Å². The number of hydrogen-bond acceptors (Lipinski definition) is 15. The summed E-state index contributed by atoms with van der Waals surface area (Å²) in [7, 11) is -9.89. The van der Waals surface area contributed by atoms with Gasteiger partial charge < -0.3 is 33.8 Å². The fraction of sp³-hybridized carbons (Fsp3) is 0.944. The SMILES string of the molecule is CCCCCCCCCCCCCCC(=O)OC[C@H](COP(=O)(O)OC[C@@H](O)COP(=O)(O)OC[C@@H](COC(=O)CCCCCCCCCC)OC(=O)CCCCCCCCCCCC)OC(=O)CCCCCCCCCCCCCCCCCCCCC(C)C. The molecular formula is C72H140O17P2. The van der Waals surface area contributed by atoms with E-state index in [-0.39, 0.29) is 25.7 Å². The van der Waals surface area contributed by atoms with Gasteiger partial charge in [-0.15, -0.1) is 0 Å². The first kappa shape index (κ1) is 89.1. The number of phosphoric acid groups is 2. The Labute approximate surface area is 556 Å². The summed E-state index contributed by atoms with van der Waals surface area (Å²) in [6, 6.07) is 0. The summed E-state index contributed by atoms with van der Waals surface area (Å²) in [6.07, 6.45) is 52.8. The topological polar surface area (TPSA) is 237 Å². The maximum absolute atomic E-state index is 13.0. The second-order valence-electron chi connectivity index (χ2n) is 26.5. The maximum atomic E-state index is 13.0. The van der Waals surface area contributed by atoms with Crippen molar-refractivity contribution in [3.05, 3.63) is 0 Å². The molecular weight excluding hydrogens is 1200 g/mol. The molecule has 0 fully saturated rings.